The number of nitrogens with one attached hydrogen (secondary N) is 2. The predicted molar refractivity (Wildman–Crippen MR) is 103 cm³/mol. The summed E-state index contributed by atoms with van der Waals surface area (Å²) in [5.41, 5.74) is 0.790. The average Bonchev–Trinajstić information content (AvgIpc) is 3.12. The Bertz CT molecular complexity index is 985. The first kappa shape index (κ1) is 19.7. The lowest BCUT2D eigenvalue weighted by Gasteiger charge is -2.28. The Morgan fingerprint density at radius 2 is 2.18 bits per heavy atom. The van der Waals surface area contributed by atoms with Gasteiger partial charge in [-0.3, -0.25) is 0 Å². The molecule has 9 nitrogen and oxygen atoms in total. The summed E-state index contributed by atoms with van der Waals surface area (Å²) in [5, 5.41) is 32.5. The second-order valence-electron chi connectivity index (χ2n) is 6.51. The first-order valence-electron chi connectivity index (χ1n) is 8.75. The number of hydrogen-bond acceptors (Lipinski definition) is 8. The van der Waals surface area contributed by atoms with Crippen LogP contribution in [0.5, 0.6) is 0 Å². The van der Waals surface area contributed by atoms with Crippen LogP contribution >= 0.6 is 0 Å². The van der Waals surface area contributed by atoms with Gasteiger partial charge in [-0.25, -0.2) is 14.8 Å². The minimum Gasteiger partial charge on any atom is -0.462 e. The molecule has 0 amide bonds. The summed E-state index contributed by atoms with van der Waals surface area (Å²) in [6.07, 6.45) is 1.53. The molecular weight excluding hydrogens is 364 g/mol. The summed E-state index contributed by atoms with van der Waals surface area (Å²) in [6.45, 7) is 2.68. The maximum atomic E-state index is 12.3. The maximum Gasteiger partial charge on any atom is 0.340 e. The van der Waals surface area contributed by atoms with Crippen molar-refractivity contribution in [2.45, 2.75) is 25.7 Å². The molecule has 2 heterocycles. The lowest BCUT2D eigenvalue weighted by molar-refractivity contribution is -0.0799. The standard InChI is InChI=1S/C19H22N4O5/c1-3-28-17(25)13-8-20-16-14(13)15(21-10-22-16)11-5-4-6-12(7-11)23-18(26)19(2,27)9-24/h4-8,10,18,23-24,26-27H,3,9H2,1-2H3,(H,20,21,22). The molecule has 0 aliphatic heterocycles. The second kappa shape index (κ2) is 7.93. The van der Waals surface area contributed by atoms with E-state index in [1.807, 2.05) is 0 Å². The molecule has 3 rings (SSSR count). The molecule has 2 aromatic heterocycles. The molecule has 2 atom stereocenters. The zero-order valence-corrected chi connectivity index (χ0v) is 15.5. The number of ether oxygens (including phenoxy) is 1. The molecule has 0 saturated carbocycles. The van der Waals surface area contributed by atoms with Crippen molar-refractivity contribution < 1.29 is 24.9 Å². The van der Waals surface area contributed by atoms with Crippen LogP contribution in [0.4, 0.5) is 5.69 Å². The third-order valence-corrected chi connectivity index (χ3v) is 4.31. The Morgan fingerprint density at radius 1 is 1.39 bits per heavy atom. The molecule has 0 spiro atoms. The summed E-state index contributed by atoms with van der Waals surface area (Å²) in [7, 11) is 0. The fraction of sp³-hybridized carbons (Fsp3) is 0.316. The van der Waals surface area contributed by atoms with Crippen LogP contribution in [0.25, 0.3) is 22.3 Å². The number of aliphatic hydroxyl groups excluding tert-OH is 2. The van der Waals surface area contributed by atoms with Gasteiger partial charge in [0.05, 0.1) is 29.9 Å². The number of rotatable bonds is 7. The fourth-order valence-electron chi connectivity index (χ4n) is 2.71. The SMILES string of the molecule is CCOC(=O)c1c[nH]c2ncnc(-c3cccc(NC(O)C(C)(O)CO)c3)c12. The zero-order valence-electron chi connectivity index (χ0n) is 15.5. The molecule has 0 saturated heterocycles. The number of hydrogen-bond donors (Lipinski definition) is 5. The molecule has 2 unspecified atom stereocenters. The summed E-state index contributed by atoms with van der Waals surface area (Å²) < 4.78 is 5.10. The molecule has 0 bridgehead atoms. The van der Waals surface area contributed by atoms with Crippen LogP contribution in [0.3, 0.4) is 0 Å². The highest BCUT2D eigenvalue weighted by atomic mass is 16.5. The van der Waals surface area contributed by atoms with Crippen LogP contribution in [0, 0.1) is 0 Å². The van der Waals surface area contributed by atoms with Gasteiger partial charge in [0.25, 0.3) is 0 Å². The van der Waals surface area contributed by atoms with Gasteiger partial charge in [0, 0.05) is 17.4 Å². The number of carbonyl (C=O) groups excluding carboxylic acids is 1. The number of anilines is 1. The van der Waals surface area contributed by atoms with Gasteiger partial charge < -0.3 is 30.4 Å². The number of aromatic amines is 1. The number of H-pyrrole nitrogens is 1. The van der Waals surface area contributed by atoms with Crippen molar-refractivity contribution in [1.29, 1.82) is 0 Å². The number of nitrogens with zero attached hydrogens (tertiary/aromatic N) is 2. The molecular formula is C19H22N4O5. The van der Waals surface area contributed by atoms with Crippen molar-refractivity contribution >= 4 is 22.7 Å². The fourth-order valence-corrected chi connectivity index (χ4v) is 2.71. The monoisotopic (exact) mass is 386 g/mol. The van der Waals surface area contributed by atoms with Gasteiger partial charge in [0.2, 0.25) is 0 Å². The topological polar surface area (TPSA) is 141 Å². The van der Waals surface area contributed by atoms with Crippen molar-refractivity contribution in [2.75, 3.05) is 18.5 Å². The minimum atomic E-state index is -1.71. The van der Waals surface area contributed by atoms with Gasteiger partial charge in [0.15, 0.2) is 6.23 Å². The summed E-state index contributed by atoms with van der Waals surface area (Å²) >= 11 is 0. The van der Waals surface area contributed by atoms with Gasteiger partial charge in [-0.1, -0.05) is 12.1 Å². The first-order chi connectivity index (χ1) is 13.4. The summed E-state index contributed by atoms with van der Waals surface area (Å²) in [6, 6.07) is 6.94. The second-order valence-corrected chi connectivity index (χ2v) is 6.51. The molecule has 148 valence electrons. The minimum absolute atomic E-state index is 0.247. The van der Waals surface area contributed by atoms with E-state index in [2.05, 4.69) is 20.3 Å². The van der Waals surface area contributed by atoms with Gasteiger partial charge in [-0.15, -0.1) is 0 Å². The summed E-state index contributed by atoms with van der Waals surface area (Å²) in [4.78, 5) is 23.7. The van der Waals surface area contributed by atoms with Crippen molar-refractivity contribution in [2.24, 2.45) is 0 Å². The Labute approximate surface area is 161 Å². The van der Waals surface area contributed by atoms with E-state index in [1.165, 1.54) is 19.4 Å². The van der Waals surface area contributed by atoms with E-state index < -0.39 is 24.4 Å². The normalized spacial score (nSPS) is 14.5. The van der Waals surface area contributed by atoms with E-state index >= 15 is 0 Å². The number of benzene rings is 1. The Hall–Kier alpha value is -3.01. The van der Waals surface area contributed by atoms with E-state index in [-0.39, 0.29) is 6.61 Å². The highest BCUT2D eigenvalue weighted by Gasteiger charge is 2.29. The van der Waals surface area contributed by atoms with Crippen LogP contribution in [0.1, 0.15) is 24.2 Å². The molecule has 0 aliphatic carbocycles. The number of carbonyl (C=O) groups is 1. The van der Waals surface area contributed by atoms with E-state index in [0.29, 0.717) is 33.5 Å². The van der Waals surface area contributed by atoms with Crippen LogP contribution in [-0.4, -0.2) is 61.3 Å². The van der Waals surface area contributed by atoms with Crippen LogP contribution in [0.15, 0.2) is 36.8 Å². The van der Waals surface area contributed by atoms with E-state index in [4.69, 9.17) is 4.74 Å². The zero-order chi connectivity index (χ0) is 20.3. The highest BCUT2D eigenvalue weighted by molar-refractivity contribution is 6.08. The molecule has 0 fully saturated rings. The first-order valence-corrected chi connectivity index (χ1v) is 8.75. The highest BCUT2D eigenvalue weighted by Crippen LogP contribution is 2.30. The average molecular weight is 386 g/mol. The quantitative estimate of drug-likeness (QED) is 0.302. The largest absolute Gasteiger partial charge is 0.462 e. The molecule has 5 N–H and O–H groups in total. The van der Waals surface area contributed by atoms with Gasteiger partial charge in [-0.2, -0.15) is 0 Å². The van der Waals surface area contributed by atoms with Crippen molar-refractivity contribution in [3.8, 4) is 11.3 Å². The number of aliphatic hydroxyl groups is 3. The number of aromatic nitrogens is 3. The maximum absolute atomic E-state index is 12.3. The summed E-state index contributed by atoms with van der Waals surface area (Å²) in [5.74, 6) is -0.478. The number of fused-ring (bicyclic) bond motifs is 1. The van der Waals surface area contributed by atoms with Gasteiger partial charge in [0.1, 0.15) is 17.6 Å². The Kier molecular flexibility index (Phi) is 5.59. The lowest BCUT2D eigenvalue weighted by Crippen LogP contribution is -2.47. The molecule has 28 heavy (non-hydrogen) atoms. The van der Waals surface area contributed by atoms with E-state index in [0.717, 1.165) is 0 Å². The molecule has 1 aromatic carbocycles. The van der Waals surface area contributed by atoms with Crippen LogP contribution < -0.4 is 5.32 Å². The molecule has 9 heteroatoms. The Balaban J connectivity index is 2.01. The third-order valence-electron chi connectivity index (χ3n) is 4.31. The van der Waals surface area contributed by atoms with Crippen LogP contribution in [-0.2, 0) is 4.74 Å². The molecule has 0 radical (unpaired) electrons. The van der Waals surface area contributed by atoms with Gasteiger partial charge in [-0.05, 0) is 26.0 Å². The smallest absolute Gasteiger partial charge is 0.340 e. The van der Waals surface area contributed by atoms with Crippen LogP contribution in [0.2, 0.25) is 0 Å². The lowest BCUT2D eigenvalue weighted by atomic mass is 10.0. The van der Waals surface area contributed by atoms with Crippen molar-refractivity contribution in [3.05, 3.63) is 42.4 Å². The Morgan fingerprint density at radius 3 is 2.89 bits per heavy atom. The van der Waals surface area contributed by atoms with E-state index in [1.54, 1.807) is 31.2 Å². The predicted octanol–water partition coefficient (Wildman–Crippen LogP) is 1.28. The number of esters is 1. The van der Waals surface area contributed by atoms with Crippen molar-refractivity contribution in [3.63, 3.8) is 0 Å². The molecule has 3 aromatic rings. The van der Waals surface area contributed by atoms with Gasteiger partial charge >= 0.3 is 5.97 Å². The van der Waals surface area contributed by atoms with Crippen molar-refractivity contribution in [1.82, 2.24) is 15.0 Å². The van der Waals surface area contributed by atoms with E-state index in [9.17, 15) is 20.1 Å². The molecule has 0 aliphatic rings. The third kappa shape index (κ3) is 3.81.